The van der Waals surface area contributed by atoms with Gasteiger partial charge < -0.3 is 4.57 Å². The Morgan fingerprint density at radius 2 is 1.42 bits per heavy atom. The van der Waals surface area contributed by atoms with Crippen molar-refractivity contribution in [3.8, 4) is 5.69 Å². The van der Waals surface area contributed by atoms with Crippen LogP contribution in [0.4, 0.5) is 0 Å². The normalized spacial score (nSPS) is 12.8. The molecule has 0 saturated carbocycles. The second kappa shape index (κ2) is 7.14. The molecule has 1 heteroatoms. The average molecular weight is 398 g/mol. The van der Waals surface area contributed by atoms with E-state index < -0.39 is 0 Å². The Balaban J connectivity index is 1.42. The van der Waals surface area contributed by atoms with Crippen LogP contribution >= 0.6 is 0 Å². The Kier molecular flexibility index (Phi) is 4.14. The number of rotatable bonds is 3. The SMILES string of the molecule is C=c1ccc(Cc2ccc(-n3c4ccccc4c4ccccc43)cc2)c2c1=CC=CC2. The Bertz CT molecular complexity index is 1530. The number of fused-ring (bicyclic) bond motifs is 4. The van der Waals surface area contributed by atoms with E-state index in [2.05, 4.69) is 114 Å². The number of allylic oxidation sites excluding steroid dienone is 2. The highest BCUT2D eigenvalue weighted by Gasteiger charge is 2.12. The summed E-state index contributed by atoms with van der Waals surface area (Å²) in [4.78, 5) is 0. The molecule has 0 atom stereocenters. The lowest BCUT2D eigenvalue weighted by atomic mass is 9.93. The molecule has 0 aliphatic heterocycles. The van der Waals surface area contributed by atoms with Crippen LogP contribution in [0, 0.1) is 0 Å². The van der Waals surface area contributed by atoms with Crippen molar-refractivity contribution < 1.29 is 0 Å². The maximum atomic E-state index is 4.20. The van der Waals surface area contributed by atoms with Gasteiger partial charge in [0.2, 0.25) is 0 Å². The summed E-state index contributed by atoms with van der Waals surface area (Å²) in [7, 11) is 0. The van der Waals surface area contributed by atoms with E-state index in [0.717, 1.165) is 18.1 Å². The van der Waals surface area contributed by atoms with Crippen LogP contribution in [-0.2, 0) is 12.8 Å². The van der Waals surface area contributed by atoms with Crippen LogP contribution in [0.3, 0.4) is 0 Å². The van der Waals surface area contributed by atoms with Crippen LogP contribution in [0.15, 0.2) is 97.1 Å². The lowest BCUT2D eigenvalue weighted by Crippen LogP contribution is -2.29. The van der Waals surface area contributed by atoms with Crippen molar-refractivity contribution in [3.63, 3.8) is 0 Å². The van der Waals surface area contributed by atoms with Gasteiger partial charge in [-0.15, -0.1) is 0 Å². The Morgan fingerprint density at radius 1 is 0.742 bits per heavy atom. The standard InChI is InChI=1S/C30H23N/c1-21-14-17-23(26-9-3-2-8-25(21)26)20-22-15-18-24(19-16-22)31-29-12-6-4-10-27(29)28-11-5-7-13-30(28)31/h2-8,10-19H,1,9,20H2. The molecular weight excluding hydrogens is 374 g/mol. The maximum absolute atomic E-state index is 4.20. The first-order valence-corrected chi connectivity index (χ1v) is 10.8. The van der Waals surface area contributed by atoms with Crippen LogP contribution in [-0.4, -0.2) is 4.57 Å². The van der Waals surface area contributed by atoms with E-state index in [1.165, 1.54) is 49.4 Å². The lowest BCUT2D eigenvalue weighted by Gasteiger charge is -2.13. The van der Waals surface area contributed by atoms with Crippen LogP contribution in [0.2, 0.25) is 0 Å². The van der Waals surface area contributed by atoms with Crippen LogP contribution in [0.25, 0.3) is 40.1 Å². The van der Waals surface area contributed by atoms with E-state index in [-0.39, 0.29) is 0 Å². The molecule has 0 unspecified atom stereocenters. The van der Waals surface area contributed by atoms with Crippen molar-refractivity contribution in [2.45, 2.75) is 12.8 Å². The van der Waals surface area contributed by atoms with Gasteiger partial charge in [0, 0.05) is 16.5 Å². The zero-order valence-electron chi connectivity index (χ0n) is 17.4. The van der Waals surface area contributed by atoms with Crippen molar-refractivity contribution in [1.82, 2.24) is 4.57 Å². The van der Waals surface area contributed by atoms with Gasteiger partial charge in [0.05, 0.1) is 11.0 Å². The highest BCUT2D eigenvalue weighted by Crippen LogP contribution is 2.31. The molecular formula is C30H23N. The largest absolute Gasteiger partial charge is 0.309 e. The molecule has 1 nitrogen and oxygen atoms in total. The minimum Gasteiger partial charge on any atom is -0.309 e. The summed E-state index contributed by atoms with van der Waals surface area (Å²) in [5.41, 5.74) is 7.84. The fourth-order valence-electron chi connectivity index (χ4n) is 4.91. The van der Waals surface area contributed by atoms with Gasteiger partial charge in [0.1, 0.15) is 0 Å². The highest BCUT2D eigenvalue weighted by atomic mass is 15.0. The van der Waals surface area contributed by atoms with Crippen molar-refractivity contribution >= 4 is 34.5 Å². The molecule has 0 bridgehead atoms. The summed E-state index contributed by atoms with van der Waals surface area (Å²) in [6.07, 6.45) is 8.50. The van der Waals surface area contributed by atoms with Gasteiger partial charge in [0.25, 0.3) is 0 Å². The predicted octanol–water partition coefficient (Wildman–Crippen LogP) is 5.68. The van der Waals surface area contributed by atoms with Crippen LogP contribution < -0.4 is 10.4 Å². The second-order valence-electron chi connectivity index (χ2n) is 8.29. The molecule has 4 aromatic carbocycles. The minimum absolute atomic E-state index is 0.942. The number of aromatic nitrogens is 1. The van der Waals surface area contributed by atoms with Gasteiger partial charge in [-0.25, -0.2) is 0 Å². The summed E-state index contributed by atoms with van der Waals surface area (Å²) in [6, 6.07) is 30.7. The zero-order valence-corrected chi connectivity index (χ0v) is 17.4. The smallest absolute Gasteiger partial charge is 0.0541 e. The fraction of sp³-hybridized carbons (Fsp3) is 0.0667. The minimum atomic E-state index is 0.942. The molecule has 31 heavy (non-hydrogen) atoms. The molecule has 0 amide bonds. The van der Waals surface area contributed by atoms with Gasteiger partial charge >= 0.3 is 0 Å². The van der Waals surface area contributed by atoms with Gasteiger partial charge in [-0.05, 0) is 64.2 Å². The Hall–Kier alpha value is -3.84. The van der Waals surface area contributed by atoms with Gasteiger partial charge in [0.15, 0.2) is 0 Å². The van der Waals surface area contributed by atoms with Gasteiger partial charge in [-0.1, -0.05) is 85.5 Å². The summed E-state index contributed by atoms with van der Waals surface area (Å²) in [5, 5.41) is 5.00. The Labute approximate surface area is 181 Å². The summed E-state index contributed by atoms with van der Waals surface area (Å²) in [5.74, 6) is 0. The monoisotopic (exact) mass is 397 g/mol. The first kappa shape index (κ1) is 18.0. The molecule has 5 aromatic rings. The molecule has 1 aliphatic carbocycles. The third-order valence-corrected chi connectivity index (χ3v) is 6.43. The molecule has 6 rings (SSSR count). The maximum Gasteiger partial charge on any atom is 0.0541 e. The number of hydrogen-bond donors (Lipinski definition) is 0. The van der Waals surface area contributed by atoms with Gasteiger partial charge in [-0.3, -0.25) is 0 Å². The summed E-state index contributed by atoms with van der Waals surface area (Å²) < 4.78 is 2.37. The molecule has 148 valence electrons. The lowest BCUT2D eigenvalue weighted by molar-refractivity contribution is 1.08. The van der Waals surface area contributed by atoms with E-state index in [1.807, 2.05) is 0 Å². The van der Waals surface area contributed by atoms with Gasteiger partial charge in [-0.2, -0.15) is 0 Å². The molecule has 0 spiro atoms. The van der Waals surface area contributed by atoms with Crippen molar-refractivity contribution in [2.24, 2.45) is 0 Å². The van der Waals surface area contributed by atoms with Crippen LogP contribution in [0.5, 0.6) is 0 Å². The first-order valence-electron chi connectivity index (χ1n) is 10.8. The molecule has 1 aliphatic rings. The molecule has 0 N–H and O–H groups in total. The van der Waals surface area contributed by atoms with Crippen molar-refractivity contribution in [2.75, 3.05) is 0 Å². The number of hydrogen-bond acceptors (Lipinski definition) is 0. The third-order valence-electron chi connectivity index (χ3n) is 6.43. The van der Waals surface area contributed by atoms with E-state index in [9.17, 15) is 0 Å². The topological polar surface area (TPSA) is 4.93 Å². The van der Waals surface area contributed by atoms with E-state index in [4.69, 9.17) is 0 Å². The quantitative estimate of drug-likeness (QED) is 0.369. The van der Waals surface area contributed by atoms with E-state index >= 15 is 0 Å². The van der Waals surface area contributed by atoms with E-state index in [0.29, 0.717) is 0 Å². The third kappa shape index (κ3) is 2.93. The molecule has 1 aromatic heterocycles. The average Bonchev–Trinajstić information content (AvgIpc) is 3.16. The second-order valence-corrected chi connectivity index (χ2v) is 8.29. The Morgan fingerprint density at radius 3 is 2.13 bits per heavy atom. The number of para-hydroxylation sites is 2. The number of benzene rings is 4. The molecule has 0 radical (unpaired) electrons. The molecule has 1 heterocycles. The van der Waals surface area contributed by atoms with E-state index in [1.54, 1.807) is 0 Å². The molecule has 0 fully saturated rings. The highest BCUT2D eigenvalue weighted by molar-refractivity contribution is 6.09. The fourth-order valence-corrected chi connectivity index (χ4v) is 4.91. The first-order chi connectivity index (χ1) is 15.3. The number of nitrogens with zero attached hydrogens (tertiary/aromatic N) is 1. The van der Waals surface area contributed by atoms with Crippen molar-refractivity contribution in [1.29, 1.82) is 0 Å². The summed E-state index contributed by atoms with van der Waals surface area (Å²) >= 11 is 0. The molecule has 0 saturated heterocycles. The zero-order chi connectivity index (χ0) is 20.8. The predicted molar refractivity (Wildman–Crippen MR) is 132 cm³/mol. The van der Waals surface area contributed by atoms with Crippen LogP contribution in [0.1, 0.15) is 16.7 Å². The van der Waals surface area contributed by atoms with Crippen molar-refractivity contribution in [3.05, 3.63) is 124 Å². The summed E-state index contributed by atoms with van der Waals surface area (Å²) in [6.45, 7) is 4.20.